The molecule has 1 heterocycles. The van der Waals surface area contributed by atoms with Crippen LogP contribution < -0.4 is 5.32 Å². The summed E-state index contributed by atoms with van der Waals surface area (Å²) in [7, 11) is -1.76. The van der Waals surface area contributed by atoms with Gasteiger partial charge in [-0.25, -0.2) is 17.8 Å². The lowest BCUT2D eigenvalue weighted by atomic mass is 10.2. The summed E-state index contributed by atoms with van der Waals surface area (Å²) in [5.74, 6) is -0.149. The fourth-order valence-electron chi connectivity index (χ4n) is 3.49. The molecule has 0 aliphatic rings. The molecule has 0 atom stereocenters. The molecule has 0 saturated carbocycles. The average Bonchev–Trinajstić information content (AvgIpc) is 3.04. The average molecular weight is 447 g/mol. The molecule has 166 valence electrons. The van der Waals surface area contributed by atoms with Gasteiger partial charge >= 0.3 is 0 Å². The van der Waals surface area contributed by atoms with Crippen LogP contribution in [0.2, 0.25) is 0 Å². The van der Waals surface area contributed by atoms with Gasteiger partial charge in [-0.15, -0.1) is 0 Å². The number of anilines is 1. The second-order valence-electron chi connectivity index (χ2n) is 7.36. The lowest BCUT2D eigenvalue weighted by Gasteiger charge is -2.18. The smallest absolute Gasteiger partial charge is 0.243 e. The minimum atomic E-state index is -3.58. The minimum absolute atomic E-state index is 0.120. The van der Waals surface area contributed by atoms with Gasteiger partial charge in [0, 0.05) is 33.0 Å². The molecule has 0 saturated heterocycles. The Bertz CT molecular complexity index is 1220. The van der Waals surface area contributed by atoms with Crippen molar-refractivity contribution < 1.29 is 17.6 Å². The summed E-state index contributed by atoms with van der Waals surface area (Å²) in [4.78, 5) is 17.0. The highest BCUT2D eigenvalue weighted by Gasteiger charge is 2.22. The third-order valence-electron chi connectivity index (χ3n) is 5.26. The number of nitrogens with zero attached hydrogens (tertiary/aromatic N) is 3. The number of sulfonamides is 1. The largest absolute Gasteiger partial charge is 0.331 e. The van der Waals surface area contributed by atoms with Crippen LogP contribution in [0.15, 0.2) is 41.3 Å². The van der Waals surface area contributed by atoms with Crippen molar-refractivity contribution >= 4 is 32.7 Å². The third kappa shape index (κ3) is 4.77. The number of rotatable bonds is 8. The summed E-state index contributed by atoms with van der Waals surface area (Å²) < 4.78 is 42.7. The van der Waals surface area contributed by atoms with Crippen LogP contribution in [0.5, 0.6) is 0 Å². The van der Waals surface area contributed by atoms with Gasteiger partial charge in [0.25, 0.3) is 0 Å². The Balaban J connectivity index is 1.77. The minimum Gasteiger partial charge on any atom is -0.331 e. The first-order chi connectivity index (χ1) is 14.7. The number of fused-ring (bicyclic) bond motifs is 1. The molecular formula is C22H27FN4O3S. The van der Waals surface area contributed by atoms with E-state index in [0.717, 1.165) is 11.1 Å². The lowest BCUT2D eigenvalue weighted by molar-refractivity contribution is -0.116. The van der Waals surface area contributed by atoms with Gasteiger partial charge in [0.1, 0.15) is 11.6 Å². The van der Waals surface area contributed by atoms with E-state index in [0.29, 0.717) is 30.9 Å². The Morgan fingerprint density at radius 1 is 1.16 bits per heavy atom. The van der Waals surface area contributed by atoms with Crippen LogP contribution in [-0.4, -0.2) is 41.3 Å². The maximum absolute atomic E-state index is 13.9. The van der Waals surface area contributed by atoms with E-state index in [4.69, 9.17) is 0 Å². The Kier molecular flexibility index (Phi) is 6.76. The Labute approximate surface area is 181 Å². The van der Waals surface area contributed by atoms with Gasteiger partial charge < -0.3 is 9.88 Å². The molecule has 2 aromatic carbocycles. The highest BCUT2D eigenvalue weighted by Crippen LogP contribution is 2.23. The monoisotopic (exact) mass is 446 g/mol. The molecule has 0 fully saturated rings. The molecule has 3 aromatic rings. The fourth-order valence-corrected chi connectivity index (χ4v) is 4.96. The predicted octanol–water partition coefficient (Wildman–Crippen LogP) is 3.62. The first-order valence-corrected chi connectivity index (χ1v) is 11.6. The molecule has 0 radical (unpaired) electrons. The summed E-state index contributed by atoms with van der Waals surface area (Å²) in [6.45, 7) is 6.15. The maximum Gasteiger partial charge on any atom is 0.243 e. The van der Waals surface area contributed by atoms with E-state index < -0.39 is 15.8 Å². The van der Waals surface area contributed by atoms with Gasteiger partial charge in [0.05, 0.1) is 21.6 Å². The summed E-state index contributed by atoms with van der Waals surface area (Å²) in [5.41, 5.74) is 2.25. The van der Waals surface area contributed by atoms with E-state index in [9.17, 15) is 17.6 Å². The van der Waals surface area contributed by atoms with Crippen molar-refractivity contribution in [2.75, 3.05) is 18.4 Å². The number of hydrogen-bond acceptors (Lipinski definition) is 4. The number of aromatic nitrogens is 2. The summed E-state index contributed by atoms with van der Waals surface area (Å²) >= 11 is 0. The Morgan fingerprint density at radius 2 is 1.87 bits per heavy atom. The normalized spacial score (nSPS) is 11.9. The van der Waals surface area contributed by atoms with E-state index in [1.165, 1.54) is 16.4 Å². The Hall–Kier alpha value is -2.78. The zero-order chi connectivity index (χ0) is 22.8. The molecule has 1 aromatic heterocycles. The van der Waals surface area contributed by atoms with Crippen LogP contribution in [0.4, 0.5) is 10.1 Å². The van der Waals surface area contributed by atoms with Gasteiger partial charge in [-0.3, -0.25) is 4.79 Å². The number of aryl methyl sites for hydroxylation is 3. The summed E-state index contributed by atoms with van der Waals surface area (Å²) in [6, 6.07) is 9.50. The Morgan fingerprint density at radius 3 is 2.52 bits per heavy atom. The second-order valence-corrected chi connectivity index (χ2v) is 9.30. The molecule has 1 amide bonds. The maximum atomic E-state index is 13.9. The number of imidazole rings is 1. The van der Waals surface area contributed by atoms with Crippen LogP contribution in [0.3, 0.4) is 0 Å². The molecule has 1 N–H and O–H groups in total. The van der Waals surface area contributed by atoms with Crippen LogP contribution in [0.1, 0.15) is 31.7 Å². The predicted molar refractivity (Wildman–Crippen MR) is 119 cm³/mol. The van der Waals surface area contributed by atoms with Gasteiger partial charge in [-0.1, -0.05) is 19.9 Å². The van der Waals surface area contributed by atoms with Crippen molar-refractivity contribution in [1.82, 2.24) is 13.9 Å². The van der Waals surface area contributed by atoms with Crippen LogP contribution in [0.25, 0.3) is 11.0 Å². The van der Waals surface area contributed by atoms with Crippen molar-refractivity contribution in [3.8, 4) is 0 Å². The molecule has 0 aliphatic carbocycles. The first-order valence-electron chi connectivity index (χ1n) is 10.2. The summed E-state index contributed by atoms with van der Waals surface area (Å²) in [5, 5.41) is 2.58. The van der Waals surface area contributed by atoms with E-state index in [-0.39, 0.29) is 22.9 Å². The lowest BCUT2D eigenvalue weighted by Crippen LogP contribution is -2.30. The number of nitrogens with one attached hydrogen (secondary N) is 1. The zero-order valence-corrected chi connectivity index (χ0v) is 19.0. The van der Waals surface area contributed by atoms with Crippen LogP contribution >= 0.6 is 0 Å². The summed E-state index contributed by atoms with van der Waals surface area (Å²) in [6.07, 6.45) is 0.456. The zero-order valence-electron chi connectivity index (χ0n) is 18.1. The fraction of sp³-hybridized carbons (Fsp3) is 0.364. The topological polar surface area (TPSA) is 84.3 Å². The van der Waals surface area contributed by atoms with Gasteiger partial charge in [0.15, 0.2) is 0 Å². The quantitative estimate of drug-likeness (QED) is 0.573. The SMILES string of the molecule is CCN(CC)S(=O)(=O)c1ccc2c(c1)nc(CCC(=O)Nc1ccc(C)cc1F)n2C. The second kappa shape index (κ2) is 9.15. The number of carbonyl (C=O) groups excluding carboxylic acids is 1. The standard InChI is InChI=1S/C22H27FN4O3S/c1-5-27(6-2)31(29,30)16-8-10-20-19(14-16)24-21(26(20)4)11-12-22(28)25-18-9-7-15(3)13-17(18)23/h7-10,13-14H,5-6,11-12H2,1-4H3,(H,25,28). The van der Waals surface area contributed by atoms with E-state index in [1.54, 1.807) is 45.0 Å². The molecular weight excluding hydrogens is 419 g/mol. The van der Waals surface area contributed by atoms with E-state index in [2.05, 4.69) is 10.3 Å². The molecule has 0 aliphatic heterocycles. The molecule has 3 rings (SSSR count). The molecule has 0 bridgehead atoms. The highest BCUT2D eigenvalue weighted by atomic mass is 32.2. The van der Waals surface area contributed by atoms with Gasteiger partial charge in [0.2, 0.25) is 15.9 Å². The van der Waals surface area contributed by atoms with E-state index >= 15 is 0 Å². The molecule has 0 unspecified atom stereocenters. The van der Waals surface area contributed by atoms with Crippen molar-refractivity contribution in [3.63, 3.8) is 0 Å². The number of carbonyl (C=O) groups is 1. The van der Waals surface area contributed by atoms with Crippen LogP contribution in [-0.2, 0) is 28.3 Å². The van der Waals surface area contributed by atoms with E-state index in [1.807, 2.05) is 11.6 Å². The number of benzene rings is 2. The molecule has 9 heteroatoms. The van der Waals surface area contributed by atoms with Crippen molar-refractivity contribution in [1.29, 1.82) is 0 Å². The molecule has 31 heavy (non-hydrogen) atoms. The highest BCUT2D eigenvalue weighted by molar-refractivity contribution is 7.89. The number of halogens is 1. The number of hydrogen-bond donors (Lipinski definition) is 1. The van der Waals surface area contributed by atoms with Crippen LogP contribution in [0, 0.1) is 12.7 Å². The molecule has 0 spiro atoms. The third-order valence-corrected chi connectivity index (χ3v) is 7.31. The number of amides is 1. The first kappa shape index (κ1) is 22.9. The van der Waals surface area contributed by atoms with Crippen molar-refractivity contribution in [2.24, 2.45) is 7.05 Å². The van der Waals surface area contributed by atoms with Gasteiger partial charge in [-0.2, -0.15) is 4.31 Å². The molecule has 7 nitrogen and oxygen atoms in total. The van der Waals surface area contributed by atoms with Gasteiger partial charge in [-0.05, 0) is 42.8 Å². The van der Waals surface area contributed by atoms with Crippen molar-refractivity contribution in [3.05, 3.63) is 53.6 Å². The van der Waals surface area contributed by atoms with Crippen molar-refractivity contribution in [2.45, 2.75) is 38.5 Å².